The molecular weight excluding hydrogens is 368 g/mol. The molecule has 0 saturated carbocycles. The van der Waals surface area contributed by atoms with Gasteiger partial charge in [0.2, 0.25) is 5.91 Å². The number of rotatable bonds is 8. The van der Waals surface area contributed by atoms with Gasteiger partial charge < -0.3 is 4.74 Å². The lowest BCUT2D eigenvalue weighted by molar-refractivity contribution is -0.131. The molecule has 0 N–H and O–H groups in total. The molecule has 7 nitrogen and oxygen atoms in total. The van der Waals surface area contributed by atoms with E-state index in [4.69, 9.17) is 10.3 Å². The van der Waals surface area contributed by atoms with Crippen molar-refractivity contribution in [1.82, 2.24) is 4.90 Å². The second kappa shape index (κ2) is 9.57. The van der Waals surface area contributed by atoms with Crippen LogP contribution >= 0.6 is 0 Å². The van der Waals surface area contributed by atoms with Gasteiger partial charge in [0.05, 0.1) is 6.04 Å². The fourth-order valence-electron chi connectivity index (χ4n) is 3.59. The third kappa shape index (κ3) is 4.65. The Bertz CT molecular complexity index is 910. The first-order valence-electron chi connectivity index (χ1n) is 9.39. The number of allylic oxidation sites excluding steroid dienone is 1. The Morgan fingerprint density at radius 2 is 1.90 bits per heavy atom. The number of amides is 2. The minimum Gasteiger partial charge on any atom is -0.447 e. The normalized spacial score (nSPS) is 17.7. The van der Waals surface area contributed by atoms with E-state index in [1.807, 2.05) is 60.7 Å². The summed E-state index contributed by atoms with van der Waals surface area (Å²) in [6, 6.07) is 17.3. The van der Waals surface area contributed by atoms with Crippen LogP contribution in [0.25, 0.3) is 10.4 Å². The molecule has 2 amide bonds. The molecule has 2 aromatic rings. The van der Waals surface area contributed by atoms with Gasteiger partial charge in [-0.2, -0.15) is 0 Å². The lowest BCUT2D eigenvalue weighted by atomic mass is 9.88. The van der Waals surface area contributed by atoms with E-state index in [2.05, 4.69) is 16.6 Å². The molecule has 0 bridgehead atoms. The first-order valence-corrected chi connectivity index (χ1v) is 9.39. The van der Waals surface area contributed by atoms with Crippen LogP contribution in [-0.2, 0) is 16.0 Å². The molecule has 1 heterocycles. The molecule has 0 aromatic heterocycles. The number of cyclic esters (lactones) is 1. The smallest absolute Gasteiger partial charge is 0.416 e. The summed E-state index contributed by atoms with van der Waals surface area (Å²) in [7, 11) is 0. The summed E-state index contributed by atoms with van der Waals surface area (Å²) in [5, 5.41) is 3.77. The highest BCUT2D eigenvalue weighted by Crippen LogP contribution is 2.30. The van der Waals surface area contributed by atoms with Crippen molar-refractivity contribution in [1.29, 1.82) is 0 Å². The fourth-order valence-corrected chi connectivity index (χ4v) is 3.59. The van der Waals surface area contributed by atoms with E-state index in [9.17, 15) is 9.59 Å². The van der Waals surface area contributed by atoms with Gasteiger partial charge in [0, 0.05) is 10.8 Å². The second-order valence-corrected chi connectivity index (χ2v) is 6.82. The number of imide groups is 1. The summed E-state index contributed by atoms with van der Waals surface area (Å²) in [5.74, 6) is -0.982. The van der Waals surface area contributed by atoms with Gasteiger partial charge in [-0.25, -0.2) is 9.69 Å². The van der Waals surface area contributed by atoms with Crippen molar-refractivity contribution >= 4 is 12.0 Å². The van der Waals surface area contributed by atoms with Crippen LogP contribution in [0.4, 0.5) is 4.79 Å². The predicted octanol–water partition coefficient (Wildman–Crippen LogP) is 4.62. The number of nitrogens with zero attached hydrogens (tertiary/aromatic N) is 4. The molecular formula is C22H22N4O3. The Kier molecular flexibility index (Phi) is 6.66. The number of ether oxygens (including phenoxy) is 1. The van der Waals surface area contributed by atoms with Crippen molar-refractivity contribution in [3.63, 3.8) is 0 Å². The van der Waals surface area contributed by atoms with Crippen LogP contribution in [0.1, 0.15) is 23.5 Å². The summed E-state index contributed by atoms with van der Waals surface area (Å²) in [4.78, 5) is 29.7. The first kappa shape index (κ1) is 20.2. The average Bonchev–Trinajstić information content (AvgIpc) is 3.11. The van der Waals surface area contributed by atoms with Crippen molar-refractivity contribution in [3.8, 4) is 0 Å². The maximum absolute atomic E-state index is 13.4. The maximum Gasteiger partial charge on any atom is 0.416 e. The van der Waals surface area contributed by atoms with Crippen LogP contribution in [0.5, 0.6) is 0 Å². The maximum atomic E-state index is 13.4. The molecule has 148 valence electrons. The van der Waals surface area contributed by atoms with Crippen LogP contribution in [0.15, 0.2) is 78.4 Å². The average molecular weight is 390 g/mol. The molecule has 29 heavy (non-hydrogen) atoms. The predicted molar refractivity (Wildman–Crippen MR) is 109 cm³/mol. The molecule has 7 heteroatoms. The van der Waals surface area contributed by atoms with Gasteiger partial charge in [-0.3, -0.25) is 4.79 Å². The quantitative estimate of drug-likeness (QED) is 0.285. The van der Waals surface area contributed by atoms with Gasteiger partial charge in [0.15, 0.2) is 0 Å². The van der Waals surface area contributed by atoms with E-state index in [1.54, 1.807) is 6.08 Å². The Morgan fingerprint density at radius 1 is 1.24 bits per heavy atom. The Hall–Kier alpha value is -3.57. The van der Waals surface area contributed by atoms with Crippen molar-refractivity contribution in [2.24, 2.45) is 5.11 Å². The van der Waals surface area contributed by atoms with E-state index in [0.717, 1.165) is 16.0 Å². The minimum absolute atomic E-state index is 0.111. The third-order valence-corrected chi connectivity index (χ3v) is 4.97. The van der Waals surface area contributed by atoms with Gasteiger partial charge in [0.25, 0.3) is 0 Å². The molecule has 0 aliphatic carbocycles. The van der Waals surface area contributed by atoms with Gasteiger partial charge in [-0.1, -0.05) is 71.9 Å². The largest absolute Gasteiger partial charge is 0.447 e. The van der Waals surface area contributed by atoms with E-state index < -0.39 is 30.0 Å². The highest BCUT2D eigenvalue weighted by molar-refractivity contribution is 5.97. The highest BCUT2D eigenvalue weighted by Gasteiger charge is 2.42. The number of azide groups is 1. The molecule has 0 spiro atoms. The van der Waals surface area contributed by atoms with Gasteiger partial charge in [-0.05, 0) is 29.5 Å². The first-order chi connectivity index (χ1) is 14.2. The number of hydrogen-bond donors (Lipinski definition) is 0. The van der Waals surface area contributed by atoms with E-state index in [0.29, 0.717) is 12.8 Å². The number of carbonyl (C=O) groups excluding carboxylic acids is 2. The molecule has 1 saturated heterocycles. The lowest BCUT2D eigenvalue weighted by Gasteiger charge is -2.27. The molecule has 1 aliphatic rings. The standard InChI is InChI=1S/C22H22N4O3/c1-2-9-19(17-12-7-4-8-13-17)20(24-25-23)21(27)26-18(15-29-22(26)28)14-16-10-5-3-6-11-16/h2-8,10-13,18-20H,1,9,14-15H2/t18-,19-,20-/m0/s1. The van der Waals surface area contributed by atoms with Crippen LogP contribution in [0, 0.1) is 0 Å². The second-order valence-electron chi connectivity index (χ2n) is 6.82. The van der Waals surface area contributed by atoms with Crippen molar-refractivity contribution in [2.45, 2.75) is 30.8 Å². The van der Waals surface area contributed by atoms with Crippen molar-refractivity contribution in [3.05, 3.63) is 94.9 Å². The van der Waals surface area contributed by atoms with Gasteiger partial charge >= 0.3 is 6.09 Å². The molecule has 1 fully saturated rings. The summed E-state index contributed by atoms with van der Waals surface area (Å²) < 4.78 is 5.16. The van der Waals surface area contributed by atoms with Crippen LogP contribution in [-0.4, -0.2) is 35.6 Å². The number of hydrogen-bond acceptors (Lipinski definition) is 4. The summed E-state index contributed by atoms with van der Waals surface area (Å²) in [6.45, 7) is 3.87. The molecule has 0 radical (unpaired) electrons. The van der Waals surface area contributed by atoms with Gasteiger partial charge in [0.1, 0.15) is 12.6 Å². The summed E-state index contributed by atoms with van der Waals surface area (Å²) in [5.41, 5.74) is 10.9. The fraction of sp³-hybridized carbons (Fsp3) is 0.273. The molecule has 0 unspecified atom stereocenters. The minimum atomic E-state index is -1.08. The number of benzene rings is 2. The monoisotopic (exact) mass is 390 g/mol. The zero-order chi connectivity index (χ0) is 20.6. The third-order valence-electron chi connectivity index (χ3n) is 4.97. The Balaban J connectivity index is 1.90. The zero-order valence-corrected chi connectivity index (χ0v) is 15.9. The molecule has 2 aromatic carbocycles. The van der Waals surface area contributed by atoms with Crippen LogP contribution in [0.3, 0.4) is 0 Å². The van der Waals surface area contributed by atoms with Crippen LogP contribution < -0.4 is 0 Å². The molecule has 3 atom stereocenters. The van der Waals surface area contributed by atoms with Crippen molar-refractivity contribution in [2.75, 3.05) is 6.61 Å². The molecule has 1 aliphatic heterocycles. The lowest BCUT2D eigenvalue weighted by Crippen LogP contribution is -2.46. The van der Waals surface area contributed by atoms with Crippen LogP contribution in [0.2, 0.25) is 0 Å². The van der Waals surface area contributed by atoms with E-state index >= 15 is 0 Å². The van der Waals surface area contributed by atoms with E-state index in [1.165, 1.54) is 0 Å². The van der Waals surface area contributed by atoms with Crippen molar-refractivity contribution < 1.29 is 14.3 Å². The summed E-state index contributed by atoms with van der Waals surface area (Å²) in [6.07, 6.45) is 1.86. The summed E-state index contributed by atoms with van der Waals surface area (Å²) >= 11 is 0. The SMILES string of the molecule is C=CC[C@@H](c1ccccc1)[C@H](N=[N+]=[N-])C(=O)N1C(=O)OC[C@@H]1Cc1ccccc1. The highest BCUT2D eigenvalue weighted by atomic mass is 16.6. The topological polar surface area (TPSA) is 95.4 Å². The Labute approximate surface area is 169 Å². The van der Waals surface area contributed by atoms with E-state index in [-0.39, 0.29) is 6.61 Å². The molecule has 3 rings (SSSR count). The Morgan fingerprint density at radius 3 is 2.52 bits per heavy atom. The number of carbonyl (C=O) groups is 2. The van der Waals surface area contributed by atoms with Gasteiger partial charge in [-0.15, -0.1) is 6.58 Å². The zero-order valence-electron chi connectivity index (χ0n) is 15.9.